The lowest BCUT2D eigenvalue weighted by Crippen LogP contribution is -2.57. The summed E-state index contributed by atoms with van der Waals surface area (Å²) in [5, 5.41) is 0. The number of halogens is 3. The van der Waals surface area contributed by atoms with Crippen LogP contribution in [0.1, 0.15) is 24.2 Å². The molecule has 1 fully saturated rings. The van der Waals surface area contributed by atoms with Gasteiger partial charge in [-0.3, -0.25) is 4.79 Å². The summed E-state index contributed by atoms with van der Waals surface area (Å²) in [6.07, 6.45) is -4.92. The van der Waals surface area contributed by atoms with Gasteiger partial charge in [0.2, 0.25) is 0 Å². The largest absolute Gasteiger partial charge is 0.416 e. The van der Waals surface area contributed by atoms with Crippen molar-refractivity contribution in [3.05, 3.63) is 23.9 Å². The Morgan fingerprint density at radius 1 is 1.39 bits per heavy atom. The molecule has 23 heavy (non-hydrogen) atoms. The van der Waals surface area contributed by atoms with Gasteiger partial charge in [-0.15, -0.1) is 0 Å². The number of morpholine rings is 1. The van der Waals surface area contributed by atoms with Gasteiger partial charge in [0.05, 0.1) is 17.7 Å². The number of ether oxygens (including phenoxy) is 1. The van der Waals surface area contributed by atoms with Crippen molar-refractivity contribution in [3.63, 3.8) is 0 Å². The van der Waals surface area contributed by atoms with Gasteiger partial charge < -0.3 is 14.5 Å². The molecule has 1 amide bonds. The summed E-state index contributed by atoms with van der Waals surface area (Å²) in [4.78, 5) is 18.9. The maximum Gasteiger partial charge on any atom is 0.416 e. The van der Waals surface area contributed by atoms with Crippen molar-refractivity contribution in [2.24, 2.45) is 0 Å². The van der Waals surface area contributed by atoms with Crippen LogP contribution in [0.4, 0.5) is 19.0 Å². The molecule has 2 heterocycles. The molecule has 0 bridgehead atoms. The Hall–Kier alpha value is -1.83. The number of carbonyl (C=O) groups is 1. The smallest absolute Gasteiger partial charge is 0.359 e. The molecule has 1 saturated heterocycles. The highest BCUT2D eigenvalue weighted by Crippen LogP contribution is 2.33. The SMILES string of the molecule is CN(C)C(=O)c1ccc(N2C[C@@H](C(F)(F)F)OC(C)(C)C2)nc1. The fourth-order valence-corrected chi connectivity index (χ4v) is 2.49. The van der Waals surface area contributed by atoms with Crippen LogP contribution >= 0.6 is 0 Å². The summed E-state index contributed by atoms with van der Waals surface area (Å²) in [7, 11) is 3.24. The molecule has 8 heteroatoms. The summed E-state index contributed by atoms with van der Waals surface area (Å²) in [6, 6.07) is 3.13. The summed E-state index contributed by atoms with van der Waals surface area (Å²) in [5.41, 5.74) is -0.559. The van der Waals surface area contributed by atoms with Gasteiger partial charge in [0, 0.05) is 26.8 Å². The number of pyridine rings is 1. The van der Waals surface area contributed by atoms with Crippen LogP contribution in [0.15, 0.2) is 18.3 Å². The van der Waals surface area contributed by atoms with Crippen LogP contribution in [0, 0.1) is 0 Å². The van der Waals surface area contributed by atoms with Gasteiger partial charge in [0.15, 0.2) is 6.10 Å². The van der Waals surface area contributed by atoms with E-state index in [1.807, 2.05) is 0 Å². The van der Waals surface area contributed by atoms with Crippen molar-refractivity contribution in [1.29, 1.82) is 0 Å². The number of rotatable bonds is 2. The molecule has 0 spiro atoms. The van der Waals surface area contributed by atoms with E-state index in [1.54, 1.807) is 40.1 Å². The summed E-state index contributed by atoms with van der Waals surface area (Å²) in [6.45, 7) is 3.19. The minimum absolute atomic E-state index is 0.209. The third kappa shape index (κ3) is 4.13. The third-order valence-corrected chi connectivity index (χ3v) is 3.51. The van der Waals surface area contributed by atoms with E-state index in [0.717, 1.165) is 0 Å². The molecule has 0 aliphatic carbocycles. The van der Waals surface area contributed by atoms with Crippen LogP contribution in [0.3, 0.4) is 0 Å². The van der Waals surface area contributed by atoms with Gasteiger partial charge in [0.1, 0.15) is 5.82 Å². The van der Waals surface area contributed by atoms with Crippen molar-refractivity contribution in [3.8, 4) is 0 Å². The second kappa shape index (κ2) is 5.99. The van der Waals surface area contributed by atoms with Gasteiger partial charge in [-0.1, -0.05) is 0 Å². The van der Waals surface area contributed by atoms with Crippen LogP contribution in [-0.4, -0.2) is 60.9 Å². The number of nitrogens with zero attached hydrogens (tertiary/aromatic N) is 3. The van der Waals surface area contributed by atoms with Crippen molar-refractivity contribution in [1.82, 2.24) is 9.88 Å². The zero-order valence-electron chi connectivity index (χ0n) is 13.5. The van der Waals surface area contributed by atoms with Gasteiger partial charge in [-0.05, 0) is 26.0 Å². The average molecular weight is 331 g/mol. The van der Waals surface area contributed by atoms with E-state index in [9.17, 15) is 18.0 Å². The Morgan fingerprint density at radius 2 is 2.04 bits per heavy atom. The molecule has 0 N–H and O–H groups in total. The van der Waals surface area contributed by atoms with Crippen LogP contribution in [-0.2, 0) is 4.74 Å². The van der Waals surface area contributed by atoms with Crippen LogP contribution < -0.4 is 4.90 Å². The molecule has 0 aromatic carbocycles. The first-order valence-electron chi connectivity index (χ1n) is 7.17. The number of hydrogen-bond donors (Lipinski definition) is 0. The third-order valence-electron chi connectivity index (χ3n) is 3.51. The number of aromatic nitrogens is 1. The Bertz CT molecular complexity index is 570. The lowest BCUT2D eigenvalue weighted by Gasteiger charge is -2.43. The molecular weight excluding hydrogens is 311 g/mol. The quantitative estimate of drug-likeness (QED) is 0.834. The van der Waals surface area contributed by atoms with E-state index in [2.05, 4.69) is 4.98 Å². The van der Waals surface area contributed by atoms with E-state index in [0.29, 0.717) is 11.4 Å². The van der Waals surface area contributed by atoms with E-state index < -0.39 is 17.9 Å². The first kappa shape index (κ1) is 17.5. The molecule has 1 aliphatic rings. The highest BCUT2D eigenvalue weighted by atomic mass is 19.4. The van der Waals surface area contributed by atoms with Gasteiger partial charge >= 0.3 is 6.18 Å². The predicted molar refractivity (Wildman–Crippen MR) is 79.5 cm³/mol. The molecular formula is C15H20F3N3O2. The van der Waals surface area contributed by atoms with Gasteiger partial charge in [-0.25, -0.2) is 4.98 Å². The molecule has 2 rings (SSSR count). The molecule has 128 valence electrons. The summed E-state index contributed by atoms with van der Waals surface area (Å²) in [5.74, 6) is 0.186. The zero-order valence-corrected chi connectivity index (χ0v) is 13.5. The first-order valence-corrected chi connectivity index (χ1v) is 7.17. The van der Waals surface area contributed by atoms with E-state index in [4.69, 9.17) is 4.74 Å². The van der Waals surface area contributed by atoms with Crippen molar-refractivity contribution in [2.75, 3.05) is 32.1 Å². The van der Waals surface area contributed by atoms with Crippen molar-refractivity contribution >= 4 is 11.7 Å². The highest BCUT2D eigenvalue weighted by Gasteiger charge is 2.48. The molecule has 0 unspecified atom stereocenters. The maximum absolute atomic E-state index is 13.0. The van der Waals surface area contributed by atoms with Crippen LogP contribution in [0.2, 0.25) is 0 Å². The fraction of sp³-hybridized carbons (Fsp3) is 0.600. The minimum Gasteiger partial charge on any atom is -0.359 e. The Balaban J connectivity index is 2.21. The van der Waals surface area contributed by atoms with Gasteiger partial charge in [0.25, 0.3) is 5.91 Å². The zero-order chi connectivity index (χ0) is 17.4. The topological polar surface area (TPSA) is 45.7 Å². The summed E-state index contributed by atoms with van der Waals surface area (Å²) >= 11 is 0. The first-order chi connectivity index (χ1) is 10.5. The molecule has 5 nitrogen and oxygen atoms in total. The standard InChI is InChI=1S/C15H20F3N3O2/c1-14(2)9-21(8-11(23-14)15(16,17)18)12-6-5-10(7-19-12)13(22)20(3)4/h5-7,11H,8-9H2,1-4H3/t11-/m0/s1. The Labute approximate surface area is 133 Å². The normalized spacial score (nSPS) is 21.2. The molecule has 1 aliphatic heterocycles. The number of hydrogen-bond acceptors (Lipinski definition) is 4. The lowest BCUT2D eigenvalue weighted by atomic mass is 10.0. The average Bonchev–Trinajstić information content (AvgIpc) is 2.44. The predicted octanol–water partition coefficient (Wildman–Crippen LogP) is 2.33. The summed E-state index contributed by atoms with van der Waals surface area (Å²) < 4.78 is 44.2. The number of amides is 1. The molecule has 1 aromatic heterocycles. The molecule has 0 radical (unpaired) electrons. The second-order valence-electron chi connectivity index (χ2n) is 6.39. The van der Waals surface area contributed by atoms with Gasteiger partial charge in [-0.2, -0.15) is 13.2 Å². The van der Waals surface area contributed by atoms with Crippen molar-refractivity contribution < 1.29 is 22.7 Å². The highest BCUT2D eigenvalue weighted by molar-refractivity contribution is 5.93. The maximum atomic E-state index is 13.0. The molecule has 1 aromatic rings. The van der Waals surface area contributed by atoms with E-state index in [1.165, 1.54) is 16.0 Å². The fourth-order valence-electron chi connectivity index (χ4n) is 2.49. The Morgan fingerprint density at radius 3 is 2.52 bits per heavy atom. The van der Waals surface area contributed by atoms with Crippen molar-refractivity contribution in [2.45, 2.75) is 31.7 Å². The number of anilines is 1. The van der Waals surface area contributed by atoms with Crippen LogP contribution in [0.25, 0.3) is 0 Å². The molecule has 0 saturated carbocycles. The minimum atomic E-state index is -4.43. The van der Waals surface area contributed by atoms with Crippen LogP contribution in [0.5, 0.6) is 0 Å². The number of alkyl halides is 3. The number of carbonyl (C=O) groups excluding carboxylic acids is 1. The Kier molecular flexibility index (Phi) is 4.57. The monoisotopic (exact) mass is 331 g/mol. The van der Waals surface area contributed by atoms with E-state index in [-0.39, 0.29) is 19.0 Å². The molecule has 1 atom stereocenters. The van der Waals surface area contributed by atoms with E-state index >= 15 is 0 Å². The second-order valence-corrected chi connectivity index (χ2v) is 6.39. The lowest BCUT2D eigenvalue weighted by molar-refractivity contribution is -0.251.